The maximum Gasteiger partial charge on any atom is 0.321 e. The van der Waals surface area contributed by atoms with Crippen LogP contribution in [0.1, 0.15) is 23.6 Å². The summed E-state index contributed by atoms with van der Waals surface area (Å²) in [4.78, 5) is 24.2. The fraction of sp³-hybridized carbons (Fsp3) is 0.250. The number of aryl methyl sites for hydroxylation is 2. The number of ether oxygens (including phenoxy) is 1. The minimum atomic E-state index is -3.90. The molecular formula is C20H21N3O5S. The highest BCUT2D eigenvalue weighted by Crippen LogP contribution is 2.16. The molecule has 0 aliphatic rings. The van der Waals surface area contributed by atoms with Crippen molar-refractivity contribution in [2.45, 2.75) is 31.8 Å². The molecule has 0 unspecified atom stereocenters. The highest BCUT2D eigenvalue weighted by molar-refractivity contribution is 7.89. The number of nitrogens with one attached hydrogen (secondary N) is 2. The van der Waals surface area contributed by atoms with E-state index in [2.05, 4.69) is 10.0 Å². The van der Waals surface area contributed by atoms with Crippen LogP contribution < -0.4 is 10.0 Å². The summed E-state index contributed by atoms with van der Waals surface area (Å²) in [6.45, 7) is 4.18. The van der Waals surface area contributed by atoms with E-state index >= 15 is 0 Å². The lowest BCUT2D eigenvalue weighted by atomic mass is 10.2. The van der Waals surface area contributed by atoms with Crippen LogP contribution in [0.2, 0.25) is 0 Å². The number of hydrogen-bond donors (Lipinski definition) is 2. The van der Waals surface area contributed by atoms with Crippen LogP contribution in [0.15, 0.2) is 47.4 Å². The zero-order valence-electron chi connectivity index (χ0n) is 16.2. The van der Waals surface area contributed by atoms with E-state index in [1.54, 1.807) is 38.1 Å². The summed E-state index contributed by atoms with van der Waals surface area (Å²) in [5.74, 6) is -1.47. The Bertz CT molecular complexity index is 1060. The van der Waals surface area contributed by atoms with Crippen molar-refractivity contribution >= 4 is 27.6 Å². The summed E-state index contributed by atoms with van der Waals surface area (Å²) in [5, 5.41) is 11.3. The van der Waals surface area contributed by atoms with Crippen molar-refractivity contribution in [1.82, 2.24) is 4.72 Å². The highest BCUT2D eigenvalue weighted by atomic mass is 32.2. The molecule has 0 spiro atoms. The molecule has 8 nitrogen and oxygen atoms in total. The molecule has 0 saturated heterocycles. The second-order valence-corrected chi connectivity index (χ2v) is 8.14. The number of amides is 1. The molecule has 0 heterocycles. The van der Waals surface area contributed by atoms with E-state index in [1.165, 1.54) is 25.1 Å². The van der Waals surface area contributed by atoms with Gasteiger partial charge in [-0.25, -0.2) is 8.42 Å². The smallest absolute Gasteiger partial charge is 0.321 e. The lowest BCUT2D eigenvalue weighted by Crippen LogP contribution is -2.36. The summed E-state index contributed by atoms with van der Waals surface area (Å²) >= 11 is 0. The molecule has 0 fully saturated rings. The summed E-state index contributed by atoms with van der Waals surface area (Å²) in [7, 11) is -3.90. The van der Waals surface area contributed by atoms with Gasteiger partial charge in [0.05, 0.1) is 16.5 Å². The second-order valence-electron chi connectivity index (χ2n) is 6.40. The molecule has 152 valence electrons. The van der Waals surface area contributed by atoms with Crippen LogP contribution in [0, 0.1) is 25.2 Å². The molecule has 0 bridgehead atoms. The maximum absolute atomic E-state index is 12.4. The molecule has 9 heteroatoms. The van der Waals surface area contributed by atoms with E-state index in [-0.39, 0.29) is 4.90 Å². The van der Waals surface area contributed by atoms with Crippen molar-refractivity contribution in [2.24, 2.45) is 0 Å². The second kappa shape index (κ2) is 9.32. The molecule has 2 N–H and O–H groups in total. The van der Waals surface area contributed by atoms with Crippen molar-refractivity contribution in [1.29, 1.82) is 5.26 Å². The third kappa shape index (κ3) is 6.14. The number of nitriles is 1. The Balaban J connectivity index is 1.91. The molecule has 1 amide bonds. The molecule has 29 heavy (non-hydrogen) atoms. The van der Waals surface area contributed by atoms with Crippen LogP contribution in [0.3, 0.4) is 0 Å². The SMILES string of the molecule is Cc1ccc(C)c(S(=O)(=O)NCC(=O)O[C@H](C)C(=O)Nc2ccc(C#N)cc2)c1. The van der Waals surface area contributed by atoms with Crippen LogP contribution in [0.5, 0.6) is 0 Å². The van der Waals surface area contributed by atoms with Crippen molar-refractivity contribution in [2.75, 3.05) is 11.9 Å². The summed E-state index contributed by atoms with van der Waals surface area (Å²) in [5.41, 5.74) is 2.20. The lowest BCUT2D eigenvalue weighted by molar-refractivity contribution is -0.151. The standard InChI is InChI=1S/C20H21N3O5S/c1-13-4-5-14(2)18(10-13)29(26,27)22-12-19(24)28-15(3)20(25)23-17-8-6-16(11-21)7-9-17/h4-10,15,22H,12H2,1-3H3,(H,23,25)/t15-/m1/s1. The number of rotatable bonds is 7. The Hall–Kier alpha value is -3.22. The van der Waals surface area contributed by atoms with Gasteiger partial charge in [-0.15, -0.1) is 0 Å². The highest BCUT2D eigenvalue weighted by Gasteiger charge is 2.21. The Morgan fingerprint density at radius 3 is 2.41 bits per heavy atom. The van der Waals surface area contributed by atoms with Gasteiger partial charge in [-0.3, -0.25) is 9.59 Å². The number of benzene rings is 2. The van der Waals surface area contributed by atoms with Crippen LogP contribution in [0.4, 0.5) is 5.69 Å². The van der Waals surface area contributed by atoms with Crippen LogP contribution in [-0.4, -0.2) is 32.9 Å². The zero-order chi connectivity index (χ0) is 21.6. The first-order valence-electron chi connectivity index (χ1n) is 8.70. The van der Waals surface area contributed by atoms with E-state index in [9.17, 15) is 18.0 Å². The fourth-order valence-corrected chi connectivity index (χ4v) is 3.69. The van der Waals surface area contributed by atoms with Gasteiger partial charge in [-0.2, -0.15) is 9.98 Å². The molecule has 2 aromatic rings. The van der Waals surface area contributed by atoms with Gasteiger partial charge in [0.2, 0.25) is 10.0 Å². The number of nitrogens with zero attached hydrogens (tertiary/aromatic N) is 1. The predicted octanol–water partition coefficient (Wildman–Crippen LogP) is 2.02. The van der Waals surface area contributed by atoms with Crippen LogP contribution >= 0.6 is 0 Å². The quantitative estimate of drug-likeness (QED) is 0.667. The van der Waals surface area contributed by atoms with Gasteiger partial charge in [-0.05, 0) is 62.2 Å². The number of sulfonamides is 1. The number of esters is 1. The maximum atomic E-state index is 12.4. The summed E-state index contributed by atoms with van der Waals surface area (Å²) in [6, 6.07) is 13.1. The normalized spacial score (nSPS) is 11.9. The molecule has 2 rings (SSSR count). The zero-order valence-corrected chi connectivity index (χ0v) is 17.0. The predicted molar refractivity (Wildman–Crippen MR) is 106 cm³/mol. The third-order valence-corrected chi connectivity index (χ3v) is 5.54. The fourth-order valence-electron chi connectivity index (χ4n) is 2.39. The number of hydrogen-bond acceptors (Lipinski definition) is 6. The Labute approximate surface area is 169 Å². The summed E-state index contributed by atoms with van der Waals surface area (Å²) in [6.07, 6.45) is -1.14. The van der Waals surface area contributed by atoms with E-state index in [0.29, 0.717) is 16.8 Å². The van der Waals surface area contributed by atoms with E-state index in [0.717, 1.165) is 5.56 Å². The van der Waals surface area contributed by atoms with E-state index in [1.807, 2.05) is 6.07 Å². The molecule has 0 aliphatic carbocycles. The molecule has 0 radical (unpaired) electrons. The third-order valence-electron chi connectivity index (χ3n) is 4.00. The molecule has 0 aromatic heterocycles. The largest absolute Gasteiger partial charge is 0.452 e. The van der Waals surface area contributed by atoms with Crippen molar-refractivity contribution in [3.05, 3.63) is 59.2 Å². The molecule has 0 saturated carbocycles. The van der Waals surface area contributed by atoms with Crippen molar-refractivity contribution in [3.8, 4) is 6.07 Å². The van der Waals surface area contributed by atoms with Gasteiger partial charge in [0.1, 0.15) is 6.54 Å². The Morgan fingerprint density at radius 1 is 1.14 bits per heavy atom. The average molecular weight is 415 g/mol. The van der Waals surface area contributed by atoms with Gasteiger partial charge in [-0.1, -0.05) is 12.1 Å². The van der Waals surface area contributed by atoms with Crippen molar-refractivity contribution in [3.63, 3.8) is 0 Å². The Morgan fingerprint density at radius 2 is 1.79 bits per heavy atom. The molecule has 0 aliphatic heterocycles. The first-order valence-corrected chi connectivity index (χ1v) is 10.2. The van der Waals surface area contributed by atoms with Gasteiger partial charge in [0.25, 0.3) is 5.91 Å². The van der Waals surface area contributed by atoms with Crippen molar-refractivity contribution < 1.29 is 22.7 Å². The molecule has 1 atom stereocenters. The lowest BCUT2D eigenvalue weighted by Gasteiger charge is -2.14. The molecular weight excluding hydrogens is 394 g/mol. The number of carbonyl (C=O) groups is 2. The minimum Gasteiger partial charge on any atom is -0.452 e. The average Bonchev–Trinajstić information content (AvgIpc) is 2.68. The van der Waals surface area contributed by atoms with Gasteiger partial charge in [0, 0.05) is 5.69 Å². The van der Waals surface area contributed by atoms with Gasteiger partial charge < -0.3 is 10.1 Å². The first kappa shape index (κ1) is 22.1. The van der Waals surface area contributed by atoms with Crippen LogP contribution in [-0.2, 0) is 24.3 Å². The van der Waals surface area contributed by atoms with E-state index < -0.39 is 34.5 Å². The van der Waals surface area contributed by atoms with Crippen LogP contribution in [0.25, 0.3) is 0 Å². The van der Waals surface area contributed by atoms with Gasteiger partial charge in [0.15, 0.2) is 6.10 Å². The molecule has 2 aromatic carbocycles. The number of anilines is 1. The minimum absolute atomic E-state index is 0.0805. The van der Waals surface area contributed by atoms with Gasteiger partial charge >= 0.3 is 5.97 Å². The Kier molecular flexibility index (Phi) is 7.09. The topological polar surface area (TPSA) is 125 Å². The first-order chi connectivity index (χ1) is 13.6. The monoisotopic (exact) mass is 415 g/mol. The van der Waals surface area contributed by atoms with E-state index in [4.69, 9.17) is 10.00 Å². The number of carbonyl (C=O) groups excluding carboxylic acids is 2. The summed E-state index contributed by atoms with van der Waals surface area (Å²) < 4.78 is 32.0.